The van der Waals surface area contributed by atoms with Gasteiger partial charge in [0.1, 0.15) is 6.33 Å². The molecule has 4 nitrogen and oxygen atoms in total. The molecule has 0 spiro atoms. The predicted molar refractivity (Wildman–Crippen MR) is 68.2 cm³/mol. The Hall–Kier alpha value is -2.23. The largest absolute Gasteiger partial charge is 0.286 e. The highest BCUT2D eigenvalue weighted by atomic mass is 15.2. The van der Waals surface area contributed by atoms with Gasteiger partial charge in [-0.1, -0.05) is 24.3 Å². The van der Waals surface area contributed by atoms with Crippen molar-refractivity contribution in [2.24, 2.45) is 0 Å². The van der Waals surface area contributed by atoms with Crippen LogP contribution in [0.25, 0.3) is 16.9 Å². The van der Waals surface area contributed by atoms with Crippen LogP contribution >= 0.6 is 0 Å². The van der Waals surface area contributed by atoms with E-state index in [1.165, 1.54) is 18.4 Å². The summed E-state index contributed by atoms with van der Waals surface area (Å²) in [5.74, 6) is 0.798. The van der Waals surface area contributed by atoms with Crippen molar-refractivity contribution in [3.05, 3.63) is 48.5 Å². The SMILES string of the molecule is c1cc(C2CC2)ccc1-c1cn2cnnc2cn1. The fourth-order valence-corrected chi connectivity index (χ4v) is 2.23. The fourth-order valence-electron chi connectivity index (χ4n) is 2.23. The van der Waals surface area contributed by atoms with E-state index in [1.807, 2.05) is 10.6 Å². The van der Waals surface area contributed by atoms with Crippen molar-refractivity contribution >= 4 is 5.65 Å². The number of benzene rings is 1. The van der Waals surface area contributed by atoms with Crippen molar-refractivity contribution in [2.45, 2.75) is 18.8 Å². The Kier molecular flexibility index (Phi) is 1.97. The monoisotopic (exact) mass is 236 g/mol. The zero-order chi connectivity index (χ0) is 11.9. The van der Waals surface area contributed by atoms with Gasteiger partial charge < -0.3 is 0 Å². The average Bonchev–Trinajstić information content (AvgIpc) is 3.17. The van der Waals surface area contributed by atoms with Crippen LogP contribution in [0.5, 0.6) is 0 Å². The number of hydrogen-bond acceptors (Lipinski definition) is 3. The molecule has 0 saturated heterocycles. The maximum absolute atomic E-state index is 4.42. The molecule has 2 aromatic heterocycles. The van der Waals surface area contributed by atoms with Crippen LogP contribution in [-0.4, -0.2) is 19.6 Å². The van der Waals surface area contributed by atoms with Crippen molar-refractivity contribution in [3.63, 3.8) is 0 Å². The van der Waals surface area contributed by atoms with E-state index in [9.17, 15) is 0 Å². The van der Waals surface area contributed by atoms with Crippen molar-refractivity contribution in [1.82, 2.24) is 19.6 Å². The summed E-state index contributed by atoms with van der Waals surface area (Å²) >= 11 is 0. The Bertz CT molecular complexity index is 695. The van der Waals surface area contributed by atoms with Gasteiger partial charge >= 0.3 is 0 Å². The second-order valence-corrected chi connectivity index (χ2v) is 4.77. The standard InChI is InChI=1S/C14H12N4/c1-2-10(1)11-3-5-12(6-4-11)13-8-18-9-16-17-14(18)7-15-13/h3-10H,1-2H2. The second kappa shape index (κ2) is 3.63. The quantitative estimate of drug-likeness (QED) is 0.687. The zero-order valence-corrected chi connectivity index (χ0v) is 9.82. The Labute approximate surface area is 104 Å². The second-order valence-electron chi connectivity index (χ2n) is 4.77. The van der Waals surface area contributed by atoms with E-state index in [0.717, 1.165) is 22.8 Å². The molecule has 1 fully saturated rings. The van der Waals surface area contributed by atoms with Crippen molar-refractivity contribution in [3.8, 4) is 11.3 Å². The molecule has 4 rings (SSSR count). The first-order chi connectivity index (χ1) is 8.90. The maximum atomic E-state index is 4.42. The molecule has 0 atom stereocenters. The molecular weight excluding hydrogens is 224 g/mol. The van der Waals surface area contributed by atoms with Crippen LogP contribution in [0.4, 0.5) is 0 Å². The third-order valence-corrected chi connectivity index (χ3v) is 3.44. The summed E-state index contributed by atoms with van der Waals surface area (Å²) in [4.78, 5) is 4.42. The molecule has 1 saturated carbocycles. The molecule has 0 amide bonds. The smallest absolute Gasteiger partial charge is 0.179 e. The minimum atomic E-state index is 0.772. The average molecular weight is 236 g/mol. The molecule has 1 aromatic carbocycles. The number of rotatable bonds is 2. The Morgan fingerprint density at radius 1 is 1.11 bits per heavy atom. The van der Waals surface area contributed by atoms with Crippen LogP contribution in [0.2, 0.25) is 0 Å². The van der Waals surface area contributed by atoms with Gasteiger partial charge in [-0.15, -0.1) is 10.2 Å². The van der Waals surface area contributed by atoms with E-state index in [1.54, 1.807) is 12.5 Å². The van der Waals surface area contributed by atoms with Gasteiger partial charge in [0.2, 0.25) is 0 Å². The molecule has 0 radical (unpaired) electrons. The normalized spacial score (nSPS) is 15.1. The Morgan fingerprint density at radius 2 is 1.94 bits per heavy atom. The molecule has 1 aliphatic carbocycles. The van der Waals surface area contributed by atoms with E-state index in [-0.39, 0.29) is 0 Å². The molecule has 3 aromatic rings. The van der Waals surface area contributed by atoms with Crippen LogP contribution in [-0.2, 0) is 0 Å². The highest BCUT2D eigenvalue weighted by Gasteiger charge is 2.22. The van der Waals surface area contributed by atoms with Crippen LogP contribution in [0.1, 0.15) is 24.3 Å². The molecule has 0 bridgehead atoms. The first-order valence-corrected chi connectivity index (χ1v) is 6.16. The molecule has 0 unspecified atom stereocenters. The van der Waals surface area contributed by atoms with Gasteiger partial charge in [-0.25, -0.2) is 0 Å². The third-order valence-electron chi connectivity index (χ3n) is 3.44. The van der Waals surface area contributed by atoms with Crippen LogP contribution in [0.15, 0.2) is 43.0 Å². The van der Waals surface area contributed by atoms with Gasteiger partial charge in [-0.2, -0.15) is 0 Å². The topological polar surface area (TPSA) is 43.1 Å². The molecule has 4 heteroatoms. The number of nitrogens with zero attached hydrogens (tertiary/aromatic N) is 4. The van der Waals surface area contributed by atoms with E-state index < -0.39 is 0 Å². The van der Waals surface area contributed by atoms with Crippen LogP contribution < -0.4 is 0 Å². The van der Waals surface area contributed by atoms with Gasteiger partial charge in [0, 0.05) is 11.8 Å². The summed E-state index contributed by atoms with van der Waals surface area (Å²) in [5, 5.41) is 7.80. The maximum Gasteiger partial charge on any atom is 0.179 e. The van der Waals surface area contributed by atoms with E-state index in [4.69, 9.17) is 0 Å². The van der Waals surface area contributed by atoms with Crippen LogP contribution in [0, 0.1) is 0 Å². The Morgan fingerprint density at radius 3 is 2.72 bits per heavy atom. The summed E-state index contributed by atoms with van der Waals surface area (Å²) in [7, 11) is 0. The summed E-state index contributed by atoms with van der Waals surface area (Å²) in [6.07, 6.45) is 8.08. The van der Waals surface area contributed by atoms with Gasteiger partial charge in [0.25, 0.3) is 0 Å². The zero-order valence-electron chi connectivity index (χ0n) is 9.82. The summed E-state index contributed by atoms with van der Waals surface area (Å²) in [6, 6.07) is 8.72. The summed E-state index contributed by atoms with van der Waals surface area (Å²) < 4.78 is 1.89. The van der Waals surface area contributed by atoms with Crippen molar-refractivity contribution in [1.29, 1.82) is 0 Å². The molecule has 88 valence electrons. The van der Waals surface area contributed by atoms with E-state index in [0.29, 0.717) is 0 Å². The number of fused-ring (bicyclic) bond motifs is 1. The Balaban J connectivity index is 1.75. The molecule has 1 aliphatic rings. The molecular formula is C14H12N4. The predicted octanol–water partition coefficient (Wildman–Crippen LogP) is 2.67. The minimum absolute atomic E-state index is 0.772. The molecule has 18 heavy (non-hydrogen) atoms. The van der Waals surface area contributed by atoms with E-state index in [2.05, 4.69) is 39.4 Å². The highest BCUT2D eigenvalue weighted by Crippen LogP contribution is 2.40. The first-order valence-electron chi connectivity index (χ1n) is 6.16. The molecule has 2 heterocycles. The van der Waals surface area contributed by atoms with Crippen LogP contribution in [0.3, 0.4) is 0 Å². The lowest BCUT2D eigenvalue weighted by Crippen LogP contribution is -1.90. The number of hydrogen-bond donors (Lipinski definition) is 0. The lowest BCUT2D eigenvalue weighted by Gasteiger charge is -2.03. The molecule has 0 aliphatic heterocycles. The molecule has 0 N–H and O–H groups in total. The van der Waals surface area contributed by atoms with Gasteiger partial charge in [0.05, 0.1) is 11.9 Å². The van der Waals surface area contributed by atoms with Gasteiger partial charge in [0.15, 0.2) is 5.65 Å². The fraction of sp³-hybridized carbons (Fsp3) is 0.214. The van der Waals surface area contributed by atoms with Crippen molar-refractivity contribution < 1.29 is 0 Å². The first kappa shape index (κ1) is 9.76. The minimum Gasteiger partial charge on any atom is -0.286 e. The lowest BCUT2D eigenvalue weighted by atomic mass is 10.1. The summed E-state index contributed by atoms with van der Waals surface area (Å²) in [5.41, 5.74) is 4.30. The van der Waals surface area contributed by atoms with Gasteiger partial charge in [-0.05, 0) is 24.3 Å². The third kappa shape index (κ3) is 1.57. The number of aromatic nitrogens is 4. The van der Waals surface area contributed by atoms with Crippen molar-refractivity contribution in [2.75, 3.05) is 0 Å². The lowest BCUT2D eigenvalue weighted by molar-refractivity contribution is 1.10. The van der Waals surface area contributed by atoms with Gasteiger partial charge in [-0.3, -0.25) is 9.38 Å². The highest BCUT2D eigenvalue weighted by molar-refractivity contribution is 5.60. The summed E-state index contributed by atoms with van der Waals surface area (Å²) in [6.45, 7) is 0. The van der Waals surface area contributed by atoms with E-state index >= 15 is 0 Å².